The van der Waals surface area contributed by atoms with E-state index < -0.39 is 0 Å². The van der Waals surface area contributed by atoms with Gasteiger partial charge in [0.1, 0.15) is 0 Å². The molecule has 3 rings (SSSR count). The lowest BCUT2D eigenvalue weighted by molar-refractivity contribution is 0.0612. The fourth-order valence-corrected chi connectivity index (χ4v) is 4.43. The van der Waals surface area contributed by atoms with E-state index in [2.05, 4.69) is 6.92 Å². The second-order valence-electron chi connectivity index (χ2n) is 6.31. The highest BCUT2D eigenvalue weighted by atomic mass is 32.2. The molecule has 2 aliphatic rings. The molecule has 0 atom stereocenters. The van der Waals surface area contributed by atoms with Gasteiger partial charge in [-0.25, -0.2) is 0 Å². The zero-order chi connectivity index (χ0) is 15.5. The van der Waals surface area contributed by atoms with Crippen LogP contribution in [-0.2, 0) is 0 Å². The van der Waals surface area contributed by atoms with Gasteiger partial charge < -0.3 is 0 Å². The molecule has 1 heterocycles. The third-order valence-corrected chi connectivity index (χ3v) is 5.96. The van der Waals surface area contributed by atoms with Gasteiger partial charge in [0, 0.05) is 6.54 Å². The number of fused-ring (bicyclic) bond motifs is 1. The minimum absolute atomic E-state index is 0.107. The van der Waals surface area contributed by atoms with Gasteiger partial charge in [-0.1, -0.05) is 19.1 Å². The third kappa shape index (κ3) is 3.07. The van der Waals surface area contributed by atoms with Crippen LogP contribution >= 0.6 is 11.8 Å². The Hall–Kier alpha value is -1.29. The van der Waals surface area contributed by atoms with Crippen molar-refractivity contribution in [1.29, 1.82) is 0 Å². The number of hydrogen-bond acceptors (Lipinski definition) is 3. The molecule has 1 fully saturated rings. The highest BCUT2D eigenvalue weighted by Gasteiger charge is 2.36. The fraction of sp³-hybridized carbons (Fsp3) is 0.556. The van der Waals surface area contributed by atoms with Gasteiger partial charge in [-0.15, -0.1) is 0 Å². The summed E-state index contributed by atoms with van der Waals surface area (Å²) in [4.78, 5) is 26.2. The molecule has 0 unspecified atom stereocenters. The van der Waals surface area contributed by atoms with Gasteiger partial charge in [0.25, 0.3) is 11.8 Å². The molecule has 22 heavy (non-hydrogen) atoms. The Morgan fingerprint density at radius 2 is 1.55 bits per heavy atom. The summed E-state index contributed by atoms with van der Waals surface area (Å²) < 4.78 is 0. The van der Waals surface area contributed by atoms with E-state index in [0.29, 0.717) is 23.6 Å². The molecule has 118 valence electrons. The second kappa shape index (κ2) is 6.86. The van der Waals surface area contributed by atoms with E-state index in [4.69, 9.17) is 0 Å². The summed E-state index contributed by atoms with van der Waals surface area (Å²) in [6, 6.07) is 7.16. The molecule has 4 heteroatoms. The summed E-state index contributed by atoms with van der Waals surface area (Å²) in [6.07, 6.45) is 4.76. The van der Waals surface area contributed by atoms with Gasteiger partial charge >= 0.3 is 0 Å². The topological polar surface area (TPSA) is 37.4 Å². The number of thioether (sulfide) groups is 1. The smallest absolute Gasteiger partial charge is 0.261 e. The minimum atomic E-state index is -0.107. The lowest BCUT2D eigenvalue weighted by atomic mass is 9.82. The number of hydrogen-bond donors (Lipinski definition) is 0. The Bertz CT molecular complexity index is 529. The first-order valence-electron chi connectivity index (χ1n) is 8.23. The maximum atomic E-state index is 12.4. The minimum Gasteiger partial charge on any atom is -0.274 e. The summed E-state index contributed by atoms with van der Waals surface area (Å²) in [7, 11) is 0. The molecule has 1 aliphatic carbocycles. The first-order valence-corrected chi connectivity index (χ1v) is 9.39. The van der Waals surface area contributed by atoms with E-state index in [1.54, 1.807) is 12.1 Å². The molecule has 0 saturated heterocycles. The monoisotopic (exact) mass is 317 g/mol. The quantitative estimate of drug-likeness (QED) is 0.774. The lowest BCUT2D eigenvalue weighted by Crippen LogP contribution is -2.36. The van der Waals surface area contributed by atoms with Gasteiger partial charge in [0.15, 0.2) is 0 Å². The molecule has 2 amide bonds. The molecular formula is C18H23NO2S. The van der Waals surface area contributed by atoms with Crippen LogP contribution in [0.5, 0.6) is 0 Å². The normalized spacial score (nSPS) is 24.7. The Kier molecular flexibility index (Phi) is 4.87. The molecule has 1 saturated carbocycles. The van der Waals surface area contributed by atoms with Crippen LogP contribution in [0.3, 0.4) is 0 Å². The molecule has 1 aromatic rings. The number of imide groups is 1. The Morgan fingerprint density at radius 3 is 2.09 bits per heavy atom. The highest BCUT2D eigenvalue weighted by molar-refractivity contribution is 7.99. The molecule has 1 aromatic carbocycles. The predicted molar refractivity (Wildman–Crippen MR) is 90.3 cm³/mol. The number of nitrogens with zero attached hydrogens (tertiary/aromatic N) is 1. The van der Waals surface area contributed by atoms with Crippen LogP contribution in [0, 0.1) is 11.8 Å². The van der Waals surface area contributed by atoms with Crippen LogP contribution in [0.4, 0.5) is 0 Å². The van der Waals surface area contributed by atoms with E-state index >= 15 is 0 Å². The average Bonchev–Trinajstić information content (AvgIpc) is 2.80. The Morgan fingerprint density at radius 1 is 1.00 bits per heavy atom. The van der Waals surface area contributed by atoms with Crippen molar-refractivity contribution in [3.05, 3.63) is 35.4 Å². The van der Waals surface area contributed by atoms with Crippen molar-refractivity contribution in [3.63, 3.8) is 0 Å². The molecule has 0 bridgehead atoms. The largest absolute Gasteiger partial charge is 0.274 e. The van der Waals surface area contributed by atoms with E-state index in [-0.39, 0.29) is 11.8 Å². The molecule has 0 radical (unpaired) electrons. The maximum absolute atomic E-state index is 12.4. The van der Waals surface area contributed by atoms with Crippen molar-refractivity contribution in [2.75, 3.05) is 18.1 Å². The highest BCUT2D eigenvalue weighted by Crippen LogP contribution is 2.33. The van der Waals surface area contributed by atoms with Crippen molar-refractivity contribution in [3.8, 4) is 0 Å². The van der Waals surface area contributed by atoms with Crippen LogP contribution in [0.1, 0.15) is 53.3 Å². The van der Waals surface area contributed by atoms with Crippen LogP contribution in [0.15, 0.2) is 24.3 Å². The van der Waals surface area contributed by atoms with E-state index in [1.807, 2.05) is 23.9 Å². The van der Waals surface area contributed by atoms with Crippen molar-refractivity contribution in [2.45, 2.75) is 32.6 Å². The van der Waals surface area contributed by atoms with E-state index in [9.17, 15) is 9.59 Å². The van der Waals surface area contributed by atoms with Gasteiger partial charge in [-0.05, 0) is 61.2 Å². The van der Waals surface area contributed by atoms with Crippen molar-refractivity contribution in [2.24, 2.45) is 11.8 Å². The van der Waals surface area contributed by atoms with Crippen LogP contribution < -0.4 is 0 Å². The zero-order valence-electron chi connectivity index (χ0n) is 13.1. The number of rotatable bonds is 5. The summed E-state index contributed by atoms with van der Waals surface area (Å²) in [5.74, 6) is 3.53. The molecular weight excluding hydrogens is 294 g/mol. The second-order valence-corrected chi connectivity index (χ2v) is 7.63. The Labute approximate surface area is 136 Å². The van der Waals surface area contributed by atoms with Crippen LogP contribution in [-0.4, -0.2) is 34.8 Å². The number of amides is 2. The first kappa shape index (κ1) is 15.6. The summed E-state index contributed by atoms with van der Waals surface area (Å²) in [5, 5.41) is 0. The van der Waals surface area contributed by atoms with Gasteiger partial charge in [-0.3, -0.25) is 14.5 Å². The van der Waals surface area contributed by atoms with E-state index in [1.165, 1.54) is 29.2 Å². The van der Waals surface area contributed by atoms with Crippen molar-refractivity contribution >= 4 is 23.6 Å². The molecule has 3 nitrogen and oxygen atoms in total. The summed E-state index contributed by atoms with van der Waals surface area (Å²) in [6.45, 7) is 2.80. The summed E-state index contributed by atoms with van der Waals surface area (Å²) >= 11 is 2.02. The number of carbonyl (C=O) groups excluding carboxylic acids is 2. The number of carbonyl (C=O) groups is 2. The first-order chi connectivity index (χ1) is 10.7. The van der Waals surface area contributed by atoms with Crippen molar-refractivity contribution < 1.29 is 9.59 Å². The number of benzene rings is 1. The lowest BCUT2D eigenvalue weighted by Gasteiger charge is -2.30. The Balaban J connectivity index is 1.57. The van der Waals surface area contributed by atoms with Gasteiger partial charge in [0.05, 0.1) is 11.1 Å². The average molecular weight is 317 g/mol. The van der Waals surface area contributed by atoms with Crippen LogP contribution in [0.2, 0.25) is 0 Å². The van der Waals surface area contributed by atoms with Gasteiger partial charge in [0.2, 0.25) is 0 Å². The van der Waals surface area contributed by atoms with Crippen molar-refractivity contribution in [1.82, 2.24) is 4.90 Å². The van der Waals surface area contributed by atoms with Gasteiger partial charge in [-0.2, -0.15) is 11.8 Å². The molecule has 0 aromatic heterocycles. The summed E-state index contributed by atoms with van der Waals surface area (Å²) in [5.41, 5.74) is 1.14. The van der Waals surface area contributed by atoms with E-state index in [0.717, 1.165) is 18.8 Å². The predicted octanol–water partition coefficient (Wildman–Crippen LogP) is 3.84. The molecule has 1 aliphatic heterocycles. The fourth-order valence-electron chi connectivity index (χ4n) is 3.53. The molecule has 0 N–H and O–H groups in total. The maximum Gasteiger partial charge on any atom is 0.261 e. The zero-order valence-corrected chi connectivity index (χ0v) is 13.9. The van der Waals surface area contributed by atoms with Crippen LogP contribution in [0.25, 0.3) is 0 Å². The third-order valence-electron chi connectivity index (χ3n) is 4.84. The SMILES string of the molecule is CCSCC1CCC(CN2C(=O)c3ccccc3C2=O)CC1. The standard InChI is InChI=1S/C18H23NO2S/c1-2-22-12-14-9-7-13(8-10-14)11-19-17(20)15-5-3-4-6-16(15)18(19)21/h3-6,13-14H,2,7-12H2,1H3. The molecule has 0 spiro atoms.